The maximum absolute atomic E-state index is 12.2. The molecule has 23 heavy (non-hydrogen) atoms. The van der Waals surface area contributed by atoms with Crippen LogP contribution in [-0.2, 0) is 9.84 Å². The molecule has 1 heterocycles. The zero-order valence-corrected chi connectivity index (χ0v) is 14.4. The molecule has 1 atom stereocenters. The Labute approximate surface area is 143 Å². The van der Waals surface area contributed by atoms with Crippen LogP contribution in [0.5, 0.6) is 5.75 Å². The van der Waals surface area contributed by atoms with Crippen molar-refractivity contribution in [1.29, 1.82) is 0 Å². The number of sulfone groups is 1. The van der Waals surface area contributed by atoms with Crippen molar-refractivity contribution in [2.75, 3.05) is 17.9 Å². The van der Waals surface area contributed by atoms with Gasteiger partial charge >= 0.3 is 0 Å². The van der Waals surface area contributed by atoms with Crippen LogP contribution in [0, 0.1) is 0 Å². The number of halogens is 2. The van der Waals surface area contributed by atoms with Crippen molar-refractivity contribution in [3.05, 3.63) is 52.0 Å². The van der Waals surface area contributed by atoms with Crippen LogP contribution in [0.25, 0.3) is 0 Å². The molecule has 0 radical (unpaired) electrons. The largest absolute Gasteiger partial charge is 0.494 e. The van der Waals surface area contributed by atoms with E-state index >= 15 is 0 Å². The van der Waals surface area contributed by atoms with Gasteiger partial charge in [0.25, 0.3) is 0 Å². The number of fused-ring (bicyclic) bond motifs is 1. The van der Waals surface area contributed by atoms with Crippen LogP contribution in [0.2, 0.25) is 10.0 Å². The quantitative estimate of drug-likeness (QED) is 0.894. The summed E-state index contributed by atoms with van der Waals surface area (Å²) < 4.78 is 29.5. The highest BCUT2D eigenvalue weighted by molar-refractivity contribution is 7.92. The second-order valence-corrected chi connectivity index (χ2v) is 7.81. The Morgan fingerprint density at radius 1 is 1.22 bits per heavy atom. The number of methoxy groups -OCH3 is 1. The van der Waals surface area contributed by atoms with E-state index in [4.69, 9.17) is 27.9 Å². The Balaban J connectivity index is 2.04. The minimum absolute atomic E-state index is 0.199. The van der Waals surface area contributed by atoms with Crippen LogP contribution < -0.4 is 9.64 Å². The zero-order valence-electron chi connectivity index (χ0n) is 12.0. The zero-order chi connectivity index (χ0) is 16.8. The van der Waals surface area contributed by atoms with Gasteiger partial charge in [-0.15, -0.1) is 0 Å². The van der Waals surface area contributed by atoms with Crippen LogP contribution in [-0.4, -0.2) is 26.5 Å². The van der Waals surface area contributed by atoms with Crippen molar-refractivity contribution in [2.45, 2.75) is 11.1 Å². The summed E-state index contributed by atoms with van der Waals surface area (Å²) in [4.78, 5) is 1.59. The number of ether oxygens (including phenoxy) is 1. The van der Waals surface area contributed by atoms with Gasteiger partial charge in [-0.05, 0) is 24.3 Å². The summed E-state index contributed by atoms with van der Waals surface area (Å²) in [6, 6.07) is 9.54. The van der Waals surface area contributed by atoms with Crippen molar-refractivity contribution in [3.63, 3.8) is 0 Å². The van der Waals surface area contributed by atoms with E-state index in [9.17, 15) is 13.5 Å². The molecule has 0 aromatic heterocycles. The molecule has 0 saturated carbocycles. The molecule has 0 bridgehead atoms. The first-order valence-corrected chi connectivity index (χ1v) is 9.05. The van der Waals surface area contributed by atoms with Gasteiger partial charge < -0.3 is 14.7 Å². The van der Waals surface area contributed by atoms with E-state index < -0.39 is 16.1 Å². The van der Waals surface area contributed by atoms with Gasteiger partial charge in [0.2, 0.25) is 0 Å². The standard InChI is InChI=1S/C15H13Cl2NO4S/c1-22-14-10(16)6-9(7-11(14)17)15(19)18-8-23(20,21)13-5-3-2-4-12(13)18/h2-7,15,19H,8H2,1H3. The highest BCUT2D eigenvalue weighted by atomic mass is 35.5. The lowest BCUT2D eigenvalue weighted by atomic mass is 10.1. The Morgan fingerprint density at radius 2 is 1.83 bits per heavy atom. The van der Waals surface area contributed by atoms with Crippen LogP contribution in [0.4, 0.5) is 5.69 Å². The molecule has 0 saturated heterocycles. The van der Waals surface area contributed by atoms with Crippen molar-refractivity contribution < 1.29 is 18.3 Å². The predicted octanol–water partition coefficient (Wildman–Crippen LogP) is 3.24. The molecule has 122 valence electrons. The summed E-state index contributed by atoms with van der Waals surface area (Å²) in [5.41, 5.74) is 0.829. The molecule has 1 aliphatic heterocycles. The Hall–Kier alpha value is -1.47. The predicted molar refractivity (Wildman–Crippen MR) is 88.9 cm³/mol. The number of hydrogen-bond acceptors (Lipinski definition) is 5. The first kappa shape index (κ1) is 16.4. The number of aliphatic hydroxyl groups is 1. The lowest BCUT2D eigenvalue weighted by Gasteiger charge is -2.25. The Morgan fingerprint density at radius 3 is 2.43 bits per heavy atom. The van der Waals surface area contributed by atoms with Gasteiger partial charge in [0.15, 0.2) is 21.8 Å². The fourth-order valence-electron chi connectivity index (χ4n) is 2.59. The highest BCUT2D eigenvalue weighted by Crippen LogP contribution is 2.41. The van der Waals surface area contributed by atoms with E-state index in [1.165, 1.54) is 30.2 Å². The third-order valence-corrected chi connectivity index (χ3v) is 5.83. The number of benzene rings is 2. The van der Waals surface area contributed by atoms with Gasteiger partial charge in [-0.3, -0.25) is 0 Å². The molecule has 2 aromatic rings. The SMILES string of the molecule is COc1c(Cl)cc(C(O)N2CS(=O)(=O)c3ccccc32)cc1Cl. The number of para-hydroxylation sites is 1. The number of hydrogen-bond donors (Lipinski definition) is 1. The summed E-state index contributed by atoms with van der Waals surface area (Å²) in [6.07, 6.45) is -1.20. The molecule has 0 amide bonds. The molecule has 2 aromatic carbocycles. The monoisotopic (exact) mass is 373 g/mol. The summed E-state index contributed by atoms with van der Waals surface area (Å²) in [5.74, 6) is -0.00636. The van der Waals surface area contributed by atoms with Gasteiger partial charge in [0.05, 0.1) is 27.7 Å². The average molecular weight is 374 g/mol. The molecule has 1 unspecified atom stereocenters. The molecule has 0 aliphatic carbocycles. The minimum atomic E-state index is -3.47. The number of anilines is 1. The van der Waals surface area contributed by atoms with E-state index in [0.717, 1.165) is 0 Å². The maximum Gasteiger partial charge on any atom is 0.198 e. The molecule has 5 nitrogen and oxygen atoms in total. The van der Waals surface area contributed by atoms with Crippen molar-refractivity contribution >= 4 is 38.7 Å². The number of rotatable bonds is 3. The third-order valence-electron chi connectivity index (χ3n) is 3.64. The average Bonchev–Trinajstić information content (AvgIpc) is 2.78. The second-order valence-electron chi connectivity index (χ2n) is 5.07. The van der Waals surface area contributed by atoms with Crippen LogP contribution >= 0.6 is 23.2 Å². The topological polar surface area (TPSA) is 66.8 Å². The summed E-state index contributed by atoms with van der Waals surface area (Å²) >= 11 is 12.2. The highest BCUT2D eigenvalue weighted by Gasteiger charge is 2.36. The van der Waals surface area contributed by atoms with Gasteiger partial charge in [0, 0.05) is 5.56 Å². The van der Waals surface area contributed by atoms with Crippen LogP contribution in [0.3, 0.4) is 0 Å². The smallest absolute Gasteiger partial charge is 0.198 e. The molecule has 3 rings (SSSR count). The third kappa shape index (κ3) is 2.76. The second kappa shape index (κ2) is 5.87. The van der Waals surface area contributed by atoms with Crippen LogP contribution in [0.15, 0.2) is 41.3 Å². The Kier molecular flexibility index (Phi) is 4.18. The van der Waals surface area contributed by atoms with E-state index in [1.54, 1.807) is 18.2 Å². The molecule has 1 aliphatic rings. The maximum atomic E-state index is 12.2. The molecular formula is C15H13Cl2NO4S. The molecular weight excluding hydrogens is 361 g/mol. The number of nitrogens with zero attached hydrogens (tertiary/aromatic N) is 1. The van der Waals surface area contributed by atoms with Gasteiger partial charge in [-0.1, -0.05) is 35.3 Å². The molecule has 8 heteroatoms. The summed E-state index contributed by atoms with van der Waals surface area (Å²) in [5, 5.41) is 11.1. The first-order valence-electron chi connectivity index (χ1n) is 6.64. The molecule has 0 fully saturated rings. The van der Waals surface area contributed by atoms with E-state index in [0.29, 0.717) is 17.0 Å². The summed E-state index contributed by atoms with van der Waals surface area (Å²) in [6.45, 7) is 0. The fraction of sp³-hybridized carbons (Fsp3) is 0.200. The molecule has 1 N–H and O–H groups in total. The van der Waals surface area contributed by atoms with Gasteiger partial charge in [0.1, 0.15) is 5.88 Å². The lowest BCUT2D eigenvalue weighted by Crippen LogP contribution is -2.28. The Bertz CT molecular complexity index is 847. The summed E-state index contributed by atoms with van der Waals surface area (Å²) in [7, 11) is -2.03. The normalized spacial score (nSPS) is 17.0. The van der Waals surface area contributed by atoms with Crippen molar-refractivity contribution in [3.8, 4) is 5.75 Å². The first-order chi connectivity index (χ1) is 10.8. The van der Waals surface area contributed by atoms with E-state index in [-0.39, 0.29) is 20.8 Å². The van der Waals surface area contributed by atoms with Crippen LogP contribution in [0.1, 0.15) is 11.8 Å². The van der Waals surface area contributed by atoms with E-state index in [1.807, 2.05) is 0 Å². The molecule has 0 spiro atoms. The number of aliphatic hydroxyl groups excluding tert-OH is 1. The van der Waals surface area contributed by atoms with Crippen molar-refractivity contribution in [2.24, 2.45) is 0 Å². The minimum Gasteiger partial charge on any atom is -0.494 e. The fourth-order valence-corrected chi connectivity index (χ4v) is 4.82. The van der Waals surface area contributed by atoms with Crippen molar-refractivity contribution in [1.82, 2.24) is 0 Å². The van der Waals surface area contributed by atoms with Gasteiger partial charge in [-0.2, -0.15) is 0 Å². The lowest BCUT2D eigenvalue weighted by molar-refractivity contribution is 0.176. The van der Waals surface area contributed by atoms with Gasteiger partial charge in [-0.25, -0.2) is 8.42 Å². The van der Waals surface area contributed by atoms with E-state index in [2.05, 4.69) is 0 Å².